The second kappa shape index (κ2) is 8.30. The number of amides is 2. The predicted octanol–water partition coefficient (Wildman–Crippen LogP) is 0.688. The van der Waals surface area contributed by atoms with Gasteiger partial charge in [0.15, 0.2) is 0 Å². The van der Waals surface area contributed by atoms with Crippen LogP contribution < -0.4 is 20.9 Å². The van der Waals surface area contributed by atoms with Crippen LogP contribution >= 0.6 is 0 Å². The second-order valence-electron chi connectivity index (χ2n) is 8.39. The highest BCUT2D eigenvalue weighted by Crippen LogP contribution is 2.34. The number of carbonyl (C=O) groups is 2. The van der Waals surface area contributed by atoms with E-state index in [-0.39, 0.29) is 30.4 Å². The molecule has 2 atom stereocenters. The third kappa shape index (κ3) is 4.24. The summed E-state index contributed by atoms with van der Waals surface area (Å²) in [7, 11) is 0. The van der Waals surface area contributed by atoms with E-state index in [0.29, 0.717) is 56.4 Å². The highest BCUT2D eigenvalue weighted by molar-refractivity contribution is 5.99. The van der Waals surface area contributed by atoms with Crippen LogP contribution in [0, 0.1) is 5.92 Å². The summed E-state index contributed by atoms with van der Waals surface area (Å²) in [6.07, 6.45) is 1.39. The van der Waals surface area contributed by atoms with Crippen LogP contribution in [0.15, 0.2) is 24.3 Å². The van der Waals surface area contributed by atoms with Crippen molar-refractivity contribution in [2.24, 2.45) is 5.92 Å². The molecule has 3 heterocycles. The van der Waals surface area contributed by atoms with Gasteiger partial charge in [0.05, 0.1) is 31.9 Å². The number of para-hydroxylation sites is 1. The maximum Gasteiger partial charge on any atom is 0.258 e. The fourth-order valence-electron chi connectivity index (χ4n) is 4.44. The first-order chi connectivity index (χ1) is 14.0. The van der Waals surface area contributed by atoms with Crippen LogP contribution in [-0.4, -0.2) is 67.2 Å². The van der Waals surface area contributed by atoms with Crippen molar-refractivity contribution in [3.8, 4) is 5.75 Å². The van der Waals surface area contributed by atoms with Crippen molar-refractivity contribution in [2.75, 3.05) is 32.8 Å². The summed E-state index contributed by atoms with van der Waals surface area (Å²) in [5.74, 6) is 0.578. The van der Waals surface area contributed by atoms with E-state index in [1.807, 2.05) is 18.2 Å². The molecule has 3 aliphatic heterocycles. The number of hydrazine groups is 1. The lowest BCUT2D eigenvalue weighted by Crippen LogP contribution is -2.53. The fourth-order valence-corrected chi connectivity index (χ4v) is 4.44. The van der Waals surface area contributed by atoms with Gasteiger partial charge in [-0.1, -0.05) is 12.1 Å². The van der Waals surface area contributed by atoms with Gasteiger partial charge >= 0.3 is 0 Å². The largest absolute Gasteiger partial charge is 0.484 e. The molecule has 0 bridgehead atoms. The fraction of sp³-hybridized carbons (Fsp3) is 0.619. The first-order valence-electron chi connectivity index (χ1n) is 10.4. The van der Waals surface area contributed by atoms with E-state index in [0.717, 1.165) is 0 Å². The molecule has 1 aromatic carbocycles. The van der Waals surface area contributed by atoms with E-state index < -0.39 is 5.60 Å². The van der Waals surface area contributed by atoms with E-state index >= 15 is 0 Å². The van der Waals surface area contributed by atoms with E-state index in [1.165, 1.54) is 0 Å². The molecule has 0 aromatic heterocycles. The van der Waals surface area contributed by atoms with Crippen molar-refractivity contribution in [1.82, 2.24) is 21.1 Å². The van der Waals surface area contributed by atoms with Gasteiger partial charge in [0, 0.05) is 37.4 Å². The molecule has 2 saturated heterocycles. The number of ether oxygens (including phenoxy) is 2. The first kappa shape index (κ1) is 20.1. The topological polar surface area (TPSA) is 91.9 Å². The molecule has 1 spiro atoms. The van der Waals surface area contributed by atoms with Crippen LogP contribution in [0.5, 0.6) is 5.75 Å². The zero-order valence-electron chi connectivity index (χ0n) is 17.1. The van der Waals surface area contributed by atoms with Crippen molar-refractivity contribution in [3.05, 3.63) is 29.8 Å². The van der Waals surface area contributed by atoms with Crippen LogP contribution in [0.2, 0.25) is 0 Å². The number of rotatable bonds is 4. The average molecular weight is 402 g/mol. The molecule has 0 saturated carbocycles. The van der Waals surface area contributed by atoms with Gasteiger partial charge in [0.2, 0.25) is 5.91 Å². The Balaban J connectivity index is 1.47. The minimum absolute atomic E-state index is 0.0233. The van der Waals surface area contributed by atoms with Crippen LogP contribution in [0.3, 0.4) is 0 Å². The van der Waals surface area contributed by atoms with E-state index in [1.54, 1.807) is 11.0 Å². The first-order valence-corrected chi connectivity index (χ1v) is 10.4. The Morgan fingerprint density at radius 1 is 1.21 bits per heavy atom. The molecule has 2 amide bonds. The maximum absolute atomic E-state index is 13.2. The monoisotopic (exact) mass is 402 g/mol. The third-order valence-corrected chi connectivity index (χ3v) is 6.31. The molecule has 0 aliphatic carbocycles. The van der Waals surface area contributed by atoms with Gasteiger partial charge in [-0.3, -0.25) is 20.4 Å². The number of hydrogen-bond donors (Lipinski definition) is 3. The lowest BCUT2D eigenvalue weighted by Gasteiger charge is -2.38. The summed E-state index contributed by atoms with van der Waals surface area (Å²) in [6.45, 7) is 6.34. The number of hydrogen-bond acceptors (Lipinski definition) is 6. The molecule has 0 radical (unpaired) electrons. The molecule has 29 heavy (non-hydrogen) atoms. The minimum atomic E-state index is -0.511. The number of nitrogens with one attached hydrogen (secondary N) is 3. The molecule has 3 aliphatic rings. The Labute approximate surface area is 171 Å². The molecule has 8 nitrogen and oxygen atoms in total. The highest BCUT2D eigenvalue weighted by atomic mass is 16.5. The Kier molecular flexibility index (Phi) is 5.76. The van der Waals surface area contributed by atoms with E-state index in [9.17, 15) is 9.59 Å². The summed E-state index contributed by atoms with van der Waals surface area (Å²) >= 11 is 0. The molecule has 1 aromatic rings. The van der Waals surface area contributed by atoms with E-state index in [4.69, 9.17) is 9.47 Å². The summed E-state index contributed by atoms with van der Waals surface area (Å²) < 4.78 is 11.9. The van der Waals surface area contributed by atoms with Gasteiger partial charge < -0.3 is 19.7 Å². The highest BCUT2D eigenvalue weighted by Gasteiger charge is 2.42. The number of benzene rings is 1. The van der Waals surface area contributed by atoms with Crippen LogP contribution in [0.4, 0.5) is 0 Å². The second-order valence-corrected chi connectivity index (χ2v) is 8.39. The van der Waals surface area contributed by atoms with E-state index in [2.05, 4.69) is 30.0 Å². The van der Waals surface area contributed by atoms with Crippen LogP contribution in [0.25, 0.3) is 0 Å². The summed E-state index contributed by atoms with van der Waals surface area (Å²) in [5, 5.41) is 3.01. The van der Waals surface area contributed by atoms with Gasteiger partial charge in [-0.2, -0.15) is 0 Å². The lowest BCUT2D eigenvalue weighted by atomic mass is 9.93. The molecule has 8 heteroatoms. The Hall–Kier alpha value is -2.16. The number of fused-ring (bicyclic) bond motifs is 1. The maximum atomic E-state index is 13.2. The van der Waals surface area contributed by atoms with Crippen molar-refractivity contribution in [1.29, 1.82) is 0 Å². The Morgan fingerprint density at radius 3 is 2.62 bits per heavy atom. The Morgan fingerprint density at radius 2 is 1.90 bits per heavy atom. The Bertz CT molecular complexity index is 755. The smallest absolute Gasteiger partial charge is 0.258 e. The zero-order valence-corrected chi connectivity index (χ0v) is 17.1. The molecule has 2 unspecified atom stereocenters. The standard InChI is InChI=1S/C21H30N4O4/c1-14-17(15(2)24-23-14)11-22-19(26)12-25-13-21(7-9-28-10-8-21)29-18-6-4-3-5-16(18)20(25)27/h3-6,14-15,17,23-24H,7-13H2,1-2H3,(H,22,26). The third-order valence-electron chi connectivity index (χ3n) is 6.31. The normalized spacial score (nSPS) is 28.6. The summed E-state index contributed by atoms with van der Waals surface area (Å²) in [6, 6.07) is 7.83. The van der Waals surface area contributed by atoms with Gasteiger partial charge in [0.25, 0.3) is 5.91 Å². The average Bonchev–Trinajstić information content (AvgIpc) is 2.98. The van der Waals surface area contributed by atoms with Gasteiger partial charge in [0.1, 0.15) is 11.4 Å². The van der Waals surface area contributed by atoms with Gasteiger partial charge in [-0.25, -0.2) is 0 Å². The zero-order chi connectivity index (χ0) is 20.4. The van der Waals surface area contributed by atoms with Gasteiger partial charge in [-0.15, -0.1) is 0 Å². The van der Waals surface area contributed by atoms with Crippen LogP contribution in [0.1, 0.15) is 37.0 Å². The molecular weight excluding hydrogens is 372 g/mol. The van der Waals surface area contributed by atoms with Crippen molar-refractivity contribution in [3.63, 3.8) is 0 Å². The number of nitrogens with zero attached hydrogens (tertiary/aromatic N) is 1. The SMILES string of the molecule is CC1NNC(C)C1CNC(=O)CN1CC2(CCOCC2)Oc2ccccc2C1=O. The van der Waals surface area contributed by atoms with Crippen molar-refractivity contribution < 1.29 is 19.1 Å². The molecule has 158 valence electrons. The quantitative estimate of drug-likeness (QED) is 0.686. The summed E-state index contributed by atoms with van der Waals surface area (Å²) in [5.41, 5.74) is 6.39. The minimum Gasteiger partial charge on any atom is -0.484 e. The van der Waals surface area contributed by atoms with Crippen LogP contribution in [-0.2, 0) is 9.53 Å². The van der Waals surface area contributed by atoms with Crippen molar-refractivity contribution in [2.45, 2.75) is 44.4 Å². The van der Waals surface area contributed by atoms with Crippen molar-refractivity contribution >= 4 is 11.8 Å². The number of carbonyl (C=O) groups excluding carboxylic acids is 2. The molecule has 2 fully saturated rings. The van der Waals surface area contributed by atoms with Gasteiger partial charge in [-0.05, 0) is 26.0 Å². The predicted molar refractivity (Wildman–Crippen MR) is 107 cm³/mol. The molecule has 4 rings (SSSR count). The molecular formula is C21H30N4O4. The molecule has 3 N–H and O–H groups in total. The lowest BCUT2D eigenvalue weighted by molar-refractivity contribution is -0.122. The summed E-state index contributed by atoms with van der Waals surface area (Å²) in [4.78, 5) is 27.5.